The van der Waals surface area contributed by atoms with Crippen molar-refractivity contribution in [2.75, 3.05) is 18.5 Å². The fourth-order valence-corrected chi connectivity index (χ4v) is 4.15. The van der Waals surface area contributed by atoms with Crippen molar-refractivity contribution in [3.63, 3.8) is 0 Å². The van der Waals surface area contributed by atoms with E-state index in [4.69, 9.17) is 17.0 Å². The number of nitrogens with one attached hydrogen (secondary N) is 1. The largest absolute Gasteiger partial charge is 0.494 e. The van der Waals surface area contributed by atoms with Gasteiger partial charge in [-0.15, -0.1) is 0 Å². The molecule has 0 aromatic heterocycles. The number of hydrogen-bond acceptors (Lipinski definition) is 5. The topological polar surface area (TPSA) is 58.6 Å². The third kappa shape index (κ3) is 5.01. The highest BCUT2D eigenvalue weighted by Gasteiger charge is 2.33. The number of thiocarbonyl (C=S) groups is 1. The van der Waals surface area contributed by atoms with Gasteiger partial charge in [0, 0.05) is 4.47 Å². The molecule has 1 N–H and O–H groups in total. The highest BCUT2D eigenvalue weighted by atomic mass is 79.9. The van der Waals surface area contributed by atoms with Crippen LogP contribution >= 0.6 is 39.9 Å². The van der Waals surface area contributed by atoms with Crippen molar-refractivity contribution < 1.29 is 14.3 Å². The normalized spacial score (nSPS) is 15.2. The lowest BCUT2D eigenvalue weighted by Crippen LogP contribution is -2.36. The number of nitrogens with zero attached hydrogens (tertiary/aromatic N) is 1. The first-order valence-corrected chi connectivity index (χ1v) is 10.5. The Hall–Kier alpha value is -2.16. The van der Waals surface area contributed by atoms with E-state index >= 15 is 0 Å². The molecule has 1 aliphatic rings. The number of halogens is 1. The van der Waals surface area contributed by atoms with Crippen LogP contribution in [0.1, 0.15) is 12.5 Å². The Kier molecular flexibility index (Phi) is 6.88. The molecule has 8 heteroatoms. The average molecular weight is 477 g/mol. The number of benzene rings is 2. The van der Waals surface area contributed by atoms with Crippen LogP contribution in [0.15, 0.2) is 57.9 Å². The molecule has 1 heterocycles. The monoisotopic (exact) mass is 476 g/mol. The lowest BCUT2D eigenvalue weighted by molar-refractivity contribution is -0.126. The maximum Gasteiger partial charge on any atom is 0.266 e. The number of rotatable bonds is 6. The molecule has 0 saturated carbocycles. The molecule has 28 heavy (non-hydrogen) atoms. The van der Waals surface area contributed by atoms with E-state index in [2.05, 4.69) is 21.2 Å². The predicted molar refractivity (Wildman–Crippen MR) is 120 cm³/mol. The molecule has 0 spiro atoms. The number of amides is 2. The molecule has 144 valence electrons. The van der Waals surface area contributed by atoms with E-state index in [-0.39, 0.29) is 18.4 Å². The summed E-state index contributed by atoms with van der Waals surface area (Å²) < 4.78 is 6.55. The number of anilines is 1. The second kappa shape index (κ2) is 9.36. The van der Waals surface area contributed by atoms with Crippen LogP contribution in [-0.4, -0.2) is 34.2 Å². The van der Waals surface area contributed by atoms with Gasteiger partial charge in [0.2, 0.25) is 5.91 Å². The summed E-state index contributed by atoms with van der Waals surface area (Å²) in [6.45, 7) is 2.39. The Balaban J connectivity index is 1.67. The number of thioether (sulfide) groups is 1. The zero-order valence-corrected chi connectivity index (χ0v) is 18.2. The van der Waals surface area contributed by atoms with Crippen LogP contribution in [-0.2, 0) is 9.59 Å². The van der Waals surface area contributed by atoms with Gasteiger partial charge >= 0.3 is 0 Å². The lowest BCUT2D eigenvalue weighted by atomic mass is 10.2. The molecule has 2 aromatic rings. The Morgan fingerprint density at radius 1 is 1.25 bits per heavy atom. The van der Waals surface area contributed by atoms with Gasteiger partial charge in [-0.05, 0) is 58.8 Å². The predicted octanol–water partition coefficient (Wildman–Crippen LogP) is 4.69. The smallest absolute Gasteiger partial charge is 0.266 e. The second-order valence-electron chi connectivity index (χ2n) is 5.80. The minimum absolute atomic E-state index is 0.132. The van der Waals surface area contributed by atoms with E-state index in [1.54, 1.807) is 12.1 Å². The molecular formula is C20H17BrN2O3S2. The molecule has 0 aliphatic carbocycles. The molecule has 2 aromatic carbocycles. The van der Waals surface area contributed by atoms with E-state index in [1.807, 2.05) is 49.4 Å². The maximum atomic E-state index is 12.7. The summed E-state index contributed by atoms with van der Waals surface area (Å²) in [6.07, 6.45) is 1.76. The summed E-state index contributed by atoms with van der Waals surface area (Å²) in [6, 6.07) is 14.7. The van der Waals surface area contributed by atoms with E-state index < -0.39 is 0 Å². The molecule has 0 unspecified atom stereocenters. The van der Waals surface area contributed by atoms with Crippen LogP contribution in [0, 0.1) is 0 Å². The fraction of sp³-hybridized carbons (Fsp3) is 0.150. The van der Waals surface area contributed by atoms with Crippen LogP contribution in [0.3, 0.4) is 0 Å². The SMILES string of the molecule is CCOc1ccc(/C=C2\SC(=S)N(CC(=O)Nc3ccccc3Br)C2=O)cc1. The summed E-state index contributed by atoms with van der Waals surface area (Å²) >= 11 is 9.86. The molecular weight excluding hydrogens is 460 g/mol. The summed E-state index contributed by atoms with van der Waals surface area (Å²) in [4.78, 5) is 26.8. The molecule has 1 saturated heterocycles. The van der Waals surface area contributed by atoms with Gasteiger partial charge in [-0.25, -0.2) is 0 Å². The molecule has 5 nitrogen and oxygen atoms in total. The van der Waals surface area contributed by atoms with Crippen molar-refractivity contribution in [1.29, 1.82) is 0 Å². The zero-order chi connectivity index (χ0) is 20.1. The van der Waals surface area contributed by atoms with Gasteiger partial charge < -0.3 is 10.1 Å². The van der Waals surface area contributed by atoms with Crippen molar-refractivity contribution in [1.82, 2.24) is 4.90 Å². The van der Waals surface area contributed by atoms with Crippen molar-refractivity contribution in [3.8, 4) is 5.75 Å². The summed E-state index contributed by atoms with van der Waals surface area (Å²) in [5.41, 5.74) is 1.50. The molecule has 0 radical (unpaired) electrons. The van der Waals surface area contributed by atoms with Crippen LogP contribution in [0.4, 0.5) is 5.69 Å². The summed E-state index contributed by atoms with van der Waals surface area (Å²) in [5, 5.41) is 2.78. The minimum Gasteiger partial charge on any atom is -0.494 e. The number of hydrogen-bond donors (Lipinski definition) is 1. The van der Waals surface area contributed by atoms with Crippen molar-refractivity contribution in [2.24, 2.45) is 0 Å². The Bertz CT molecular complexity index is 945. The van der Waals surface area contributed by atoms with Crippen LogP contribution in [0.25, 0.3) is 6.08 Å². The Morgan fingerprint density at radius 2 is 1.96 bits per heavy atom. The number of carbonyl (C=O) groups excluding carboxylic acids is 2. The van der Waals surface area contributed by atoms with Gasteiger partial charge in [0.1, 0.15) is 16.6 Å². The van der Waals surface area contributed by atoms with E-state index in [1.165, 1.54) is 16.7 Å². The van der Waals surface area contributed by atoms with Crippen LogP contribution in [0.2, 0.25) is 0 Å². The van der Waals surface area contributed by atoms with Gasteiger partial charge in [0.25, 0.3) is 5.91 Å². The number of ether oxygens (including phenoxy) is 1. The van der Waals surface area contributed by atoms with Gasteiger partial charge in [-0.1, -0.05) is 48.2 Å². The van der Waals surface area contributed by atoms with Gasteiger partial charge in [-0.2, -0.15) is 0 Å². The first kappa shape index (κ1) is 20.6. The van der Waals surface area contributed by atoms with Crippen molar-refractivity contribution in [2.45, 2.75) is 6.92 Å². The molecule has 1 aliphatic heterocycles. The quantitative estimate of drug-likeness (QED) is 0.484. The average Bonchev–Trinajstić information content (AvgIpc) is 2.93. The fourth-order valence-electron chi connectivity index (χ4n) is 2.51. The van der Waals surface area contributed by atoms with E-state index in [9.17, 15) is 9.59 Å². The van der Waals surface area contributed by atoms with Crippen LogP contribution < -0.4 is 10.1 Å². The minimum atomic E-state index is -0.314. The highest BCUT2D eigenvalue weighted by molar-refractivity contribution is 9.10. The molecule has 0 atom stereocenters. The van der Waals surface area contributed by atoms with Gasteiger partial charge in [-0.3, -0.25) is 14.5 Å². The van der Waals surface area contributed by atoms with Gasteiger partial charge in [0.15, 0.2) is 0 Å². The Labute approximate surface area is 181 Å². The van der Waals surface area contributed by atoms with Gasteiger partial charge in [0.05, 0.1) is 17.2 Å². The third-order valence-electron chi connectivity index (χ3n) is 3.81. The third-order valence-corrected chi connectivity index (χ3v) is 5.88. The standard InChI is InChI=1S/C20H17BrN2O3S2/c1-2-26-14-9-7-13(8-10-14)11-17-19(25)23(20(27)28-17)12-18(24)22-16-6-4-3-5-15(16)21/h3-11H,2,12H2,1H3,(H,22,24)/b17-11-. The van der Waals surface area contributed by atoms with Crippen molar-refractivity contribution >= 4 is 67.8 Å². The first-order valence-electron chi connectivity index (χ1n) is 8.50. The van der Waals surface area contributed by atoms with E-state index in [0.717, 1.165) is 15.8 Å². The lowest BCUT2D eigenvalue weighted by Gasteiger charge is -2.14. The molecule has 0 bridgehead atoms. The number of para-hydroxylation sites is 1. The van der Waals surface area contributed by atoms with Crippen molar-refractivity contribution in [3.05, 3.63) is 63.5 Å². The summed E-state index contributed by atoms with van der Waals surface area (Å²) in [5.74, 6) is 0.188. The zero-order valence-electron chi connectivity index (χ0n) is 15.0. The number of carbonyl (C=O) groups is 2. The maximum absolute atomic E-state index is 12.7. The highest BCUT2D eigenvalue weighted by Crippen LogP contribution is 2.32. The van der Waals surface area contributed by atoms with Crippen LogP contribution in [0.5, 0.6) is 5.75 Å². The van der Waals surface area contributed by atoms with E-state index in [0.29, 0.717) is 21.5 Å². The first-order chi connectivity index (χ1) is 13.5. The second-order valence-corrected chi connectivity index (χ2v) is 8.33. The Morgan fingerprint density at radius 3 is 2.64 bits per heavy atom. The summed E-state index contributed by atoms with van der Waals surface area (Å²) in [7, 11) is 0. The molecule has 3 rings (SSSR count). The molecule has 1 fully saturated rings. The molecule has 2 amide bonds.